The lowest BCUT2D eigenvalue weighted by Crippen LogP contribution is -2.48. The number of aromatic nitrogens is 1. The molecule has 374 valence electrons. The van der Waals surface area contributed by atoms with E-state index < -0.39 is 67.6 Å². The third-order valence-corrected chi connectivity index (χ3v) is 13.3. The molecular formula is C50H78N4O10S2Si. The fraction of sp³-hybridized carbons (Fsp3) is 0.620. The molecule has 14 nitrogen and oxygen atoms in total. The van der Waals surface area contributed by atoms with Crippen LogP contribution in [0.5, 0.6) is 5.75 Å². The standard InChI is InChI=1S/C50H78N4O10S2Si/c1-14-16-17-18-19-23-42(56)65-29-21-20-22-37(32-41(55)61-28-30-67(11,12)13)62-47(59)43(34(3)4)54-44(57)38(15-2)51-45(58)40-33-66-46(52-40)39(53-48(60)64-50(8,9)10)31-35-24-26-36(27-25-35)63-49(5,6)7/h15,20,22,24-27,33-34,37,39,43H,14,16-19,21,23,28-32H2,1-13H3,(H,51,58)(H,53,60)(H,54,57)/t37-,39-,43+/m1/s1. The number of nitrogens with one attached hydrogen (secondary N) is 3. The van der Waals surface area contributed by atoms with Crippen molar-refractivity contribution in [1.29, 1.82) is 0 Å². The number of ether oxygens (including phenoxy) is 4. The first-order valence-electron chi connectivity index (χ1n) is 23.5. The third kappa shape index (κ3) is 25.5. The Bertz CT molecular complexity index is 1960. The number of carbonyl (C=O) groups excluding carboxylic acids is 6. The Kier molecular flexibility index (Phi) is 25.2. The van der Waals surface area contributed by atoms with E-state index in [1.165, 1.54) is 41.0 Å². The predicted octanol–water partition coefficient (Wildman–Crippen LogP) is 10.7. The maximum Gasteiger partial charge on any atom is 0.408 e. The van der Waals surface area contributed by atoms with Crippen molar-refractivity contribution in [3.05, 3.63) is 69.8 Å². The summed E-state index contributed by atoms with van der Waals surface area (Å²) in [7, 11) is -1.47. The van der Waals surface area contributed by atoms with Crippen molar-refractivity contribution in [2.75, 3.05) is 12.4 Å². The number of benzene rings is 1. The van der Waals surface area contributed by atoms with E-state index in [4.69, 9.17) is 18.9 Å². The van der Waals surface area contributed by atoms with E-state index in [0.29, 0.717) is 35.8 Å². The van der Waals surface area contributed by atoms with Crippen LogP contribution >= 0.6 is 23.1 Å². The first-order valence-corrected chi connectivity index (χ1v) is 29.1. The van der Waals surface area contributed by atoms with Crippen molar-refractivity contribution in [3.63, 3.8) is 0 Å². The van der Waals surface area contributed by atoms with Gasteiger partial charge < -0.3 is 34.9 Å². The summed E-state index contributed by atoms with van der Waals surface area (Å²) < 4.78 is 22.8. The monoisotopic (exact) mass is 986 g/mol. The van der Waals surface area contributed by atoms with Gasteiger partial charge in [-0.25, -0.2) is 14.6 Å². The summed E-state index contributed by atoms with van der Waals surface area (Å²) in [5, 5.41) is 10.3. The highest BCUT2D eigenvalue weighted by molar-refractivity contribution is 8.13. The van der Waals surface area contributed by atoms with Crippen molar-refractivity contribution in [3.8, 4) is 5.75 Å². The summed E-state index contributed by atoms with van der Waals surface area (Å²) in [6.07, 6.45) is 9.70. The van der Waals surface area contributed by atoms with Crippen LogP contribution in [0.1, 0.15) is 148 Å². The van der Waals surface area contributed by atoms with Crippen LogP contribution in [0.25, 0.3) is 0 Å². The average molecular weight is 987 g/mol. The van der Waals surface area contributed by atoms with Gasteiger partial charge in [0.1, 0.15) is 45.5 Å². The SMILES string of the molecule is CC=C(NC(=O)c1csc([C@@H](Cc2ccc(OC(C)(C)C)cc2)NC(=O)OC(C)(C)C)n1)C(=O)N[C@H](C(=O)O[C@H](C=CCCSC(=O)CCCCCCC)CC(=O)OCC[Si](C)(C)C)C(C)C. The zero-order valence-electron chi connectivity index (χ0n) is 42.3. The number of amides is 3. The van der Waals surface area contributed by atoms with Crippen LogP contribution in [0.3, 0.4) is 0 Å². The molecule has 0 aliphatic carbocycles. The molecule has 0 fully saturated rings. The highest BCUT2D eigenvalue weighted by Crippen LogP contribution is 2.26. The molecule has 1 aromatic carbocycles. The number of hydrogen-bond acceptors (Lipinski definition) is 13. The van der Waals surface area contributed by atoms with Crippen LogP contribution in [0, 0.1) is 5.92 Å². The molecule has 0 aliphatic heterocycles. The normalized spacial score (nSPS) is 13.7. The second kappa shape index (κ2) is 28.8. The maximum atomic E-state index is 13.8. The Morgan fingerprint density at radius 3 is 2.18 bits per heavy atom. The molecule has 1 heterocycles. The van der Waals surface area contributed by atoms with Crippen LogP contribution in [0.4, 0.5) is 4.79 Å². The van der Waals surface area contributed by atoms with Crippen molar-refractivity contribution in [2.45, 2.75) is 182 Å². The number of rotatable bonds is 27. The second-order valence-corrected chi connectivity index (χ2v) is 27.7. The average Bonchev–Trinajstić information content (AvgIpc) is 3.71. The topological polar surface area (TPSA) is 188 Å². The number of allylic oxidation sites excluding steroid dienone is 2. The van der Waals surface area contributed by atoms with Crippen molar-refractivity contribution in [2.24, 2.45) is 5.92 Å². The van der Waals surface area contributed by atoms with E-state index in [-0.39, 0.29) is 35.1 Å². The van der Waals surface area contributed by atoms with Gasteiger partial charge in [0.05, 0.1) is 19.1 Å². The number of hydrogen-bond donors (Lipinski definition) is 3. The third-order valence-electron chi connectivity index (χ3n) is 9.65. The maximum absolute atomic E-state index is 13.8. The first kappa shape index (κ1) is 58.6. The van der Waals surface area contributed by atoms with Crippen LogP contribution < -0.4 is 20.7 Å². The zero-order valence-corrected chi connectivity index (χ0v) is 44.9. The molecule has 0 unspecified atom stereocenters. The minimum atomic E-state index is -1.47. The van der Waals surface area contributed by atoms with E-state index in [1.54, 1.807) is 53.7 Å². The van der Waals surface area contributed by atoms with E-state index >= 15 is 0 Å². The molecule has 17 heteroatoms. The minimum Gasteiger partial charge on any atom is -0.488 e. The summed E-state index contributed by atoms with van der Waals surface area (Å²) in [6.45, 7) is 25.2. The van der Waals surface area contributed by atoms with Gasteiger partial charge in [-0.2, -0.15) is 0 Å². The second-order valence-electron chi connectivity index (χ2n) is 20.0. The Hall–Kier alpha value is -4.48. The summed E-state index contributed by atoms with van der Waals surface area (Å²) in [6, 6.07) is 6.47. The van der Waals surface area contributed by atoms with E-state index in [0.717, 1.165) is 37.3 Å². The van der Waals surface area contributed by atoms with Crippen LogP contribution in [-0.2, 0) is 39.8 Å². The molecule has 1 aromatic heterocycles. The molecule has 3 atom stereocenters. The van der Waals surface area contributed by atoms with Gasteiger partial charge in [0.25, 0.3) is 11.8 Å². The summed E-state index contributed by atoms with van der Waals surface area (Å²) >= 11 is 2.43. The fourth-order valence-electron chi connectivity index (χ4n) is 6.15. The highest BCUT2D eigenvalue weighted by atomic mass is 32.2. The van der Waals surface area contributed by atoms with Crippen LogP contribution in [-0.4, -0.2) is 83.7 Å². The lowest BCUT2D eigenvalue weighted by atomic mass is 10.0. The number of nitrogens with zero attached hydrogens (tertiary/aromatic N) is 1. The molecular weight excluding hydrogens is 909 g/mol. The molecule has 0 saturated heterocycles. The molecule has 2 aromatic rings. The molecule has 2 rings (SSSR count). The predicted molar refractivity (Wildman–Crippen MR) is 271 cm³/mol. The number of alkyl carbamates (subject to hydrolysis) is 1. The Balaban J connectivity index is 2.19. The summed E-state index contributed by atoms with van der Waals surface area (Å²) in [5.74, 6) is -1.92. The van der Waals surface area contributed by atoms with Crippen LogP contribution in [0.15, 0.2) is 53.6 Å². The fourth-order valence-corrected chi connectivity index (χ4v) is 8.48. The lowest BCUT2D eigenvalue weighted by Gasteiger charge is -2.24. The van der Waals surface area contributed by atoms with Crippen molar-refractivity contribution < 1.29 is 47.7 Å². The van der Waals surface area contributed by atoms with E-state index in [2.05, 4.69) is 47.5 Å². The van der Waals surface area contributed by atoms with Gasteiger partial charge in [-0.1, -0.05) is 102 Å². The molecule has 0 radical (unpaired) electrons. The van der Waals surface area contributed by atoms with E-state index in [9.17, 15) is 28.8 Å². The molecule has 0 bridgehead atoms. The highest BCUT2D eigenvalue weighted by Gasteiger charge is 2.31. The summed E-state index contributed by atoms with van der Waals surface area (Å²) in [4.78, 5) is 83.9. The molecule has 0 aliphatic rings. The molecule has 3 N–H and O–H groups in total. The molecule has 0 spiro atoms. The van der Waals surface area contributed by atoms with Gasteiger partial charge in [-0.05, 0) is 103 Å². The van der Waals surface area contributed by atoms with E-state index in [1.807, 2.05) is 45.0 Å². The van der Waals surface area contributed by atoms with Gasteiger partial charge in [0, 0.05) is 25.6 Å². The zero-order chi connectivity index (χ0) is 50.4. The van der Waals surface area contributed by atoms with Crippen LogP contribution in [0.2, 0.25) is 25.7 Å². The molecule has 67 heavy (non-hydrogen) atoms. The first-order chi connectivity index (χ1) is 31.3. The van der Waals surface area contributed by atoms with Gasteiger partial charge >= 0.3 is 18.0 Å². The minimum absolute atomic E-state index is 0.00779. The largest absolute Gasteiger partial charge is 0.488 e. The Morgan fingerprint density at radius 2 is 1.58 bits per heavy atom. The number of thiazole rings is 1. The van der Waals surface area contributed by atoms with Gasteiger partial charge in [-0.15, -0.1) is 11.3 Å². The number of esters is 2. The van der Waals surface area contributed by atoms with Gasteiger partial charge in [0.15, 0.2) is 5.12 Å². The smallest absolute Gasteiger partial charge is 0.408 e. The molecule has 3 amide bonds. The quantitative estimate of drug-likeness (QED) is 0.0192. The van der Waals surface area contributed by atoms with Crippen molar-refractivity contribution >= 4 is 66.1 Å². The lowest BCUT2D eigenvalue weighted by molar-refractivity contribution is -0.156. The molecule has 0 saturated carbocycles. The van der Waals surface area contributed by atoms with Gasteiger partial charge in [0.2, 0.25) is 0 Å². The van der Waals surface area contributed by atoms with Crippen molar-refractivity contribution in [1.82, 2.24) is 20.9 Å². The summed E-state index contributed by atoms with van der Waals surface area (Å²) in [5.41, 5.74) is -0.375. The number of unbranched alkanes of at least 4 members (excludes halogenated alkanes) is 4. The van der Waals surface area contributed by atoms with Gasteiger partial charge in [-0.3, -0.25) is 19.2 Å². The number of carbonyl (C=O) groups is 6. The Labute approximate surface area is 409 Å². The Morgan fingerprint density at radius 1 is 0.910 bits per heavy atom. The number of thioether (sulfide) groups is 1.